The van der Waals surface area contributed by atoms with Gasteiger partial charge in [0.25, 0.3) is 5.69 Å². The molecule has 1 heterocycles. The van der Waals surface area contributed by atoms with E-state index in [1.165, 1.54) is 12.3 Å². The maximum atomic E-state index is 10.6. The van der Waals surface area contributed by atoms with E-state index in [0.29, 0.717) is 11.7 Å². The molecular weight excluding hydrogens is 268 g/mol. The molecule has 0 saturated heterocycles. The molecule has 1 rings (SSSR count). The predicted octanol–water partition coefficient (Wildman–Crippen LogP) is 2.64. The van der Waals surface area contributed by atoms with Crippen molar-refractivity contribution in [1.82, 2.24) is 9.88 Å². The fourth-order valence-electron chi connectivity index (χ4n) is 1.63. The average molecular weight is 287 g/mol. The zero-order valence-corrected chi connectivity index (χ0v) is 12.3. The molecule has 1 aromatic rings. The quantitative estimate of drug-likeness (QED) is 0.643. The van der Waals surface area contributed by atoms with Crippen LogP contribution in [0.4, 0.5) is 11.5 Å². The summed E-state index contributed by atoms with van der Waals surface area (Å²) in [4.78, 5) is 16.2. The second-order valence-electron chi connectivity index (χ2n) is 5.04. The van der Waals surface area contributed by atoms with Crippen molar-refractivity contribution in [2.24, 2.45) is 5.92 Å². The number of hydrogen-bond acceptors (Lipinski definition) is 5. The Hall–Kier alpha value is -1.40. The van der Waals surface area contributed by atoms with E-state index < -0.39 is 4.92 Å². The Morgan fingerprint density at radius 2 is 2.16 bits per heavy atom. The molecule has 1 N–H and O–H groups in total. The van der Waals surface area contributed by atoms with Crippen LogP contribution in [0.15, 0.2) is 12.3 Å². The van der Waals surface area contributed by atoms with Gasteiger partial charge in [0.15, 0.2) is 0 Å². The van der Waals surface area contributed by atoms with Crippen molar-refractivity contribution in [2.45, 2.75) is 19.9 Å². The zero-order valence-electron chi connectivity index (χ0n) is 11.6. The number of nitro groups is 1. The SMILES string of the molecule is CC(C)C(CN(C)C)Nc1ncc([N+](=O)[O-])cc1Cl. The minimum atomic E-state index is -0.511. The molecule has 1 aromatic heterocycles. The molecule has 0 radical (unpaired) electrons. The maximum Gasteiger partial charge on any atom is 0.289 e. The van der Waals surface area contributed by atoms with Crippen molar-refractivity contribution in [3.8, 4) is 0 Å². The molecule has 1 unspecified atom stereocenters. The maximum absolute atomic E-state index is 10.6. The molecule has 0 aliphatic heterocycles. The van der Waals surface area contributed by atoms with Crippen molar-refractivity contribution in [2.75, 3.05) is 26.0 Å². The van der Waals surface area contributed by atoms with Crippen LogP contribution < -0.4 is 5.32 Å². The first-order valence-electron chi connectivity index (χ1n) is 6.02. The summed E-state index contributed by atoms with van der Waals surface area (Å²) < 4.78 is 0. The van der Waals surface area contributed by atoms with Gasteiger partial charge in [-0.05, 0) is 20.0 Å². The lowest BCUT2D eigenvalue weighted by atomic mass is 10.0. The van der Waals surface area contributed by atoms with Gasteiger partial charge in [-0.3, -0.25) is 10.1 Å². The first-order valence-corrected chi connectivity index (χ1v) is 6.40. The number of nitrogens with zero attached hydrogens (tertiary/aromatic N) is 3. The fourth-order valence-corrected chi connectivity index (χ4v) is 1.84. The van der Waals surface area contributed by atoms with E-state index in [2.05, 4.69) is 29.0 Å². The molecule has 19 heavy (non-hydrogen) atoms. The molecule has 0 aromatic carbocycles. The summed E-state index contributed by atoms with van der Waals surface area (Å²) in [7, 11) is 3.98. The molecule has 0 spiro atoms. The highest BCUT2D eigenvalue weighted by atomic mass is 35.5. The topological polar surface area (TPSA) is 71.3 Å². The van der Waals surface area contributed by atoms with Gasteiger partial charge in [-0.1, -0.05) is 25.4 Å². The van der Waals surface area contributed by atoms with Crippen molar-refractivity contribution in [3.05, 3.63) is 27.4 Å². The Kier molecular flexibility index (Phi) is 5.50. The minimum Gasteiger partial charge on any atom is -0.365 e. The molecule has 106 valence electrons. The molecule has 7 heteroatoms. The Bertz CT molecular complexity index is 451. The fraction of sp³-hybridized carbons (Fsp3) is 0.583. The number of halogens is 1. The van der Waals surface area contributed by atoms with Crippen LogP contribution in [0.3, 0.4) is 0 Å². The number of rotatable bonds is 6. The third-order valence-corrected chi connectivity index (χ3v) is 3.01. The third kappa shape index (κ3) is 4.65. The number of pyridine rings is 1. The lowest BCUT2D eigenvalue weighted by Gasteiger charge is -2.26. The number of hydrogen-bond donors (Lipinski definition) is 1. The van der Waals surface area contributed by atoms with E-state index in [4.69, 9.17) is 11.6 Å². The number of aromatic nitrogens is 1. The smallest absolute Gasteiger partial charge is 0.289 e. The second kappa shape index (κ2) is 6.68. The van der Waals surface area contributed by atoms with Gasteiger partial charge in [0.05, 0.1) is 9.95 Å². The van der Waals surface area contributed by atoms with E-state index in [9.17, 15) is 10.1 Å². The summed E-state index contributed by atoms with van der Waals surface area (Å²) in [6.07, 6.45) is 1.21. The second-order valence-corrected chi connectivity index (χ2v) is 5.45. The van der Waals surface area contributed by atoms with E-state index in [-0.39, 0.29) is 16.8 Å². The van der Waals surface area contributed by atoms with Crippen LogP contribution in [-0.4, -0.2) is 41.5 Å². The molecule has 0 saturated carbocycles. The van der Waals surface area contributed by atoms with Gasteiger partial charge in [0, 0.05) is 18.7 Å². The summed E-state index contributed by atoms with van der Waals surface area (Å²) >= 11 is 6.02. The summed E-state index contributed by atoms with van der Waals surface area (Å²) in [5.41, 5.74) is -0.107. The Morgan fingerprint density at radius 1 is 1.53 bits per heavy atom. The predicted molar refractivity (Wildman–Crippen MR) is 76.7 cm³/mol. The molecule has 6 nitrogen and oxygen atoms in total. The monoisotopic (exact) mass is 286 g/mol. The zero-order chi connectivity index (χ0) is 14.6. The van der Waals surface area contributed by atoms with Gasteiger partial charge in [0.1, 0.15) is 12.0 Å². The lowest BCUT2D eigenvalue weighted by molar-refractivity contribution is -0.385. The van der Waals surface area contributed by atoms with Crippen molar-refractivity contribution < 1.29 is 4.92 Å². The van der Waals surface area contributed by atoms with Crippen LogP contribution in [0, 0.1) is 16.0 Å². The Labute approximate surface area is 117 Å². The minimum absolute atomic E-state index is 0.107. The van der Waals surface area contributed by atoms with Gasteiger partial charge in [-0.25, -0.2) is 4.98 Å². The van der Waals surface area contributed by atoms with E-state index >= 15 is 0 Å². The van der Waals surface area contributed by atoms with Crippen molar-refractivity contribution >= 4 is 23.1 Å². The van der Waals surface area contributed by atoms with Crippen LogP contribution in [0.2, 0.25) is 5.02 Å². The third-order valence-electron chi connectivity index (χ3n) is 2.73. The van der Waals surface area contributed by atoms with Gasteiger partial charge >= 0.3 is 0 Å². The van der Waals surface area contributed by atoms with Gasteiger partial charge in [-0.2, -0.15) is 0 Å². The van der Waals surface area contributed by atoms with Crippen molar-refractivity contribution in [3.63, 3.8) is 0 Å². The van der Waals surface area contributed by atoms with Crippen molar-refractivity contribution in [1.29, 1.82) is 0 Å². The molecule has 0 aliphatic carbocycles. The van der Waals surface area contributed by atoms with Gasteiger partial charge in [0.2, 0.25) is 0 Å². The highest BCUT2D eigenvalue weighted by Gasteiger charge is 2.17. The largest absolute Gasteiger partial charge is 0.365 e. The Morgan fingerprint density at radius 3 is 2.58 bits per heavy atom. The van der Waals surface area contributed by atoms with Gasteiger partial charge < -0.3 is 10.2 Å². The Balaban J connectivity index is 2.88. The van der Waals surface area contributed by atoms with Crippen LogP contribution in [0.1, 0.15) is 13.8 Å². The average Bonchev–Trinajstić information content (AvgIpc) is 2.29. The molecule has 0 bridgehead atoms. The summed E-state index contributed by atoms with van der Waals surface area (Å²) in [6.45, 7) is 5.02. The highest BCUT2D eigenvalue weighted by molar-refractivity contribution is 6.33. The summed E-state index contributed by atoms with van der Waals surface area (Å²) in [5, 5.41) is 14.1. The van der Waals surface area contributed by atoms with Crippen LogP contribution in [0.25, 0.3) is 0 Å². The first kappa shape index (κ1) is 15.7. The standard InChI is InChI=1S/C12H19ClN4O2/c1-8(2)11(7-16(3)4)15-12-10(13)5-9(6-14-12)17(18)19/h5-6,8,11H,7H2,1-4H3,(H,14,15). The molecule has 0 amide bonds. The molecular formula is C12H19ClN4O2. The van der Waals surface area contributed by atoms with Gasteiger partial charge in [-0.15, -0.1) is 0 Å². The lowest BCUT2D eigenvalue weighted by Crippen LogP contribution is -2.36. The first-order chi connectivity index (χ1) is 8.81. The van der Waals surface area contributed by atoms with E-state index in [1.807, 2.05) is 14.1 Å². The highest BCUT2D eigenvalue weighted by Crippen LogP contribution is 2.25. The van der Waals surface area contributed by atoms with E-state index in [1.54, 1.807) is 0 Å². The number of likely N-dealkylation sites (N-methyl/N-ethyl adjacent to an activating group) is 1. The normalized spacial score (nSPS) is 12.8. The summed E-state index contributed by atoms with van der Waals surface area (Å²) in [6, 6.07) is 1.48. The van der Waals surface area contributed by atoms with Crippen LogP contribution in [-0.2, 0) is 0 Å². The van der Waals surface area contributed by atoms with Crippen LogP contribution in [0.5, 0.6) is 0 Å². The molecule has 0 aliphatic rings. The van der Waals surface area contributed by atoms with E-state index in [0.717, 1.165) is 6.54 Å². The molecule has 0 fully saturated rings. The number of anilines is 1. The van der Waals surface area contributed by atoms with Crippen LogP contribution >= 0.6 is 11.6 Å². The number of nitrogens with one attached hydrogen (secondary N) is 1. The molecule has 1 atom stereocenters. The summed E-state index contributed by atoms with van der Waals surface area (Å²) in [5.74, 6) is 0.864.